The molecule has 0 aliphatic carbocycles. The van der Waals surface area contributed by atoms with Crippen molar-refractivity contribution in [1.82, 2.24) is 0 Å². The molecule has 0 radical (unpaired) electrons. The number of fused-ring (bicyclic) bond motifs is 16. The van der Waals surface area contributed by atoms with Crippen molar-refractivity contribution in [3.05, 3.63) is 260 Å². The Kier molecular flexibility index (Phi) is 10.9. The predicted octanol–water partition coefficient (Wildman–Crippen LogP) is 11.7. The molecule has 3 aliphatic heterocycles. The molecule has 2 nitrogen and oxygen atoms in total. The Balaban J connectivity index is 0.000000142. The molecule has 0 saturated carbocycles. The highest BCUT2D eigenvalue weighted by molar-refractivity contribution is 7.24. The van der Waals surface area contributed by atoms with Crippen LogP contribution in [-0.4, -0.2) is 34.5 Å². The van der Waals surface area contributed by atoms with Gasteiger partial charge in [-0.2, -0.15) is 0 Å². The van der Waals surface area contributed by atoms with Crippen molar-refractivity contribution in [2.24, 2.45) is 0 Å². The zero-order valence-corrected chi connectivity index (χ0v) is 45.8. The van der Waals surface area contributed by atoms with Gasteiger partial charge >= 0.3 is 7.12 Å². The summed E-state index contributed by atoms with van der Waals surface area (Å²) in [6.07, 6.45) is 0. The lowest BCUT2D eigenvalue weighted by Crippen LogP contribution is -2.73. The highest BCUT2D eigenvalue weighted by atomic mass is 35.5. The van der Waals surface area contributed by atoms with E-state index < -0.39 is 34.5 Å². The van der Waals surface area contributed by atoms with Gasteiger partial charge in [0.15, 0.2) is 16.1 Å². The van der Waals surface area contributed by atoms with E-state index in [0.717, 1.165) is 10.5 Å². The van der Waals surface area contributed by atoms with Gasteiger partial charge in [0.05, 0.1) is 11.2 Å². The molecule has 0 spiro atoms. The highest BCUT2D eigenvalue weighted by Gasteiger charge is 2.55. The maximum atomic E-state index is 6.73. The van der Waals surface area contributed by atoms with E-state index in [0.29, 0.717) is 0 Å². The Morgan fingerprint density at radius 1 is 0.329 bits per heavy atom. The van der Waals surface area contributed by atoms with Crippen molar-refractivity contribution in [3.63, 3.8) is 0 Å². The minimum atomic E-state index is -2.77. The zero-order chi connectivity index (χ0) is 51.4. The van der Waals surface area contributed by atoms with Gasteiger partial charge in [-0.15, -0.1) is 0 Å². The summed E-state index contributed by atoms with van der Waals surface area (Å²) in [6, 6.07) is 94.0. The van der Waals surface area contributed by atoms with Crippen LogP contribution in [0.4, 0.5) is 0 Å². The van der Waals surface area contributed by atoms with Crippen LogP contribution in [0.3, 0.4) is 0 Å². The minimum absolute atomic E-state index is 0.403. The topological polar surface area (TPSA) is 18.5 Å². The van der Waals surface area contributed by atoms with Crippen LogP contribution < -0.4 is 47.0 Å². The van der Waals surface area contributed by atoms with E-state index in [4.69, 9.17) is 20.9 Å². The van der Waals surface area contributed by atoms with Gasteiger partial charge < -0.3 is 9.31 Å². The quantitative estimate of drug-likeness (QED) is 0.126. The van der Waals surface area contributed by atoms with Crippen LogP contribution in [0.25, 0.3) is 65.3 Å². The first-order chi connectivity index (χ1) is 37.1. The monoisotopic (exact) mass is 1030 g/mol. The third kappa shape index (κ3) is 6.73. The van der Waals surface area contributed by atoms with E-state index in [2.05, 4.69) is 282 Å². The van der Waals surface area contributed by atoms with Gasteiger partial charge in [0.2, 0.25) is 0 Å². The first kappa shape index (κ1) is 46.9. The van der Waals surface area contributed by atoms with E-state index in [9.17, 15) is 0 Å². The Labute approximate surface area is 452 Å². The highest BCUT2D eigenvalue weighted by Crippen LogP contribution is 2.42. The molecule has 76 heavy (non-hydrogen) atoms. The van der Waals surface area contributed by atoms with Crippen molar-refractivity contribution in [3.8, 4) is 22.3 Å². The third-order valence-electron chi connectivity index (χ3n) is 17.3. The molecular formula is C70H54BClO2Si2. The lowest BCUT2D eigenvalue weighted by Gasteiger charge is -2.32. The molecule has 12 aromatic rings. The number of halogens is 1. The van der Waals surface area contributed by atoms with E-state index >= 15 is 0 Å². The summed E-state index contributed by atoms with van der Waals surface area (Å²) in [7, 11) is -5.82. The van der Waals surface area contributed by atoms with Crippen molar-refractivity contribution < 1.29 is 9.31 Å². The fourth-order valence-corrected chi connectivity index (χ4v) is 24.6. The van der Waals surface area contributed by atoms with Crippen molar-refractivity contribution in [1.29, 1.82) is 0 Å². The average Bonchev–Trinajstić information content (AvgIpc) is 4.09. The number of hydrogen-bond donors (Lipinski definition) is 0. The molecule has 12 aromatic carbocycles. The van der Waals surface area contributed by atoms with Gasteiger partial charge in [0.25, 0.3) is 0 Å². The molecule has 0 N–H and O–H groups in total. The van der Waals surface area contributed by atoms with Crippen molar-refractivity contribution in [2.45, 2.75) is 38.9 Å². The summed E-state index contributed by atoms with van der Waals surface area (Å²) >= 11 is 6.73. The molecule has 0 bridgehead atoms. The molecule has 0 aromatic heterocycles. The smallest absolute Gasteiger partial charge is 0.399 e. The minimum Gasteiger partial charge on any atom is -0.399 e. The fraction of sp³-hybridized carbons (Fsp3) is 0.0857. The lowest BCUT2D eigenvalue weighted by atomic mass is 9.78. The normalized spacial score (nSPS) is 16.0. The second kappa shape index (κ2) is 17.7. The summed E-state index contributed by atoms with van der Waals surface area (Å²) in [4.78, 5) is 0. The van der Waals surface area contributed by atoms with Crippen molar-refractivity contribution in [2.75, 3.05) is 0 Å². The average molecular weight is 1030 g/mol. The van der Waals surface area contributed by atoms with Gasteiger partial charge in [-0.05, 0) is 152 Å². The lowest BCUT2D eigenvalue weighted by molar-refractivity contribution is 0.00578. The molecule has 1 saturated heterocycles. The summed E-state index contributed by atoms with van der Waals surface area (Å²) in [5.74, 6) is 0. The summed E-state index contributed by atoms with van der Waals surface area (Å²) in [5, 5.41) is 22.7. The SMILES string of the molecule is CC1(C)OB(c2ccc3c(c2)[Si](c2ccccc2)(c2ccccc2)c2c-3c3ccccc3c3ccccc23)OC1(C)C.Clc1ccc2c(c1)[Si](c1ccccc1)(c1ccccc1)c1c-2c2ccccc2c2ccccc12. The standard InChI is InChI=1S/C38H33BO2Si.C32H21ClSi/c1-37(2)38(3,4)41-39(40-37)26-23-24-33-34(25-26)42(27-15-7-5-8-16-27,28-17-9-6-10-18-28)36-32-22-14-12-20-30(32)29-19-11-13-21-31(29)35(33)36;33-22-19-20-29-30(21-22)34(23-11-3-1-4-12-23,24-13-5-2-6-14-24)32-28-18-10-8-16-26(28)25-15-7-9-17-27(25)31(29)32/h5-25H,1-4H3;1-21H. The van der Waals surface area contributed by atoms with E-state index in [-0.39, 0.29) is 0 Å². The molecule has 0 amide bonds. The van der Waals surface area contributed by atoms with Gasteiger partial charge in [-0.1, -0.05) is 254 Å². The first-order valence-electron chi connectivity index (χ1n) is 26.5. The third-order valence-corrected chi connectivity index (χ3v) is 27.4. The summed E-state index contributed by atoms with van der Waals surface area (Å²) < 4.78 is 13.2. The second-order valence-corrected chi connectivity index (χ2v) is 29.6. The molecular weight excluding hydrogens is 975 g/mol. The van der Waals surface area contributed by atoms with Gasteiger partial charge in [0, 0.05) is 5.02 Å². The Bertz CT molecular complexity index is 4160. The molecule has 0 unspecified atom stereocenters. The second-order valence-electron chi connectivity index (χ2n) is 21.7. The predicted molar refractivity (Wildman–Crippen MR) is 329 cm³/mol. The molecule has 6 heteroatoms. The van der Waals surface area contributed by atoms with Crippen LogP contribution in [0.5, 0.6) is 0 Å². The number of hydrogen-bond acceptors (Lipinski definition) is 2. The maximum Gasteiger partial charge on any atom is 0.494 e. The van der Waals surface area contributed by atoms with Gasteiger partial charge in [-0.25, -0.2) is 0 Å². The molecule has 3 heterocycles. The Morgan fingerprint density at radius 2 is 0.632 bits per heavy atom. The maximum absolute atomic E-state index is 6.73. The molecule has 1 fully saturated rings. The van der Waals surface area contributed by atoms with E-state index in [1.165, 1.54) is 107 Å². The number of benzene rings is 12. The fourth-order valence-electron chi connectivity index (χ4n) is 13.4. The van der Waals surface area contributed by atoms with Crippen LogP contribution in [-0.2, 0) is 9.31 Å². The molecule has 0 atom stereocenters. The van der Waals surface area contributed by atoms with Crippen LogP contribution in [0.15, 0.2) is 255 Å². The Morgan fingerprint density at radius 3 is 1.01 bits per heavy atom. The van der Waals surface area contributed by atoms with E-state index in [1.54, 1.807) is 0 Å². The van der Waals surface area contributed by atoms with Crippen molar-refractivity contribution >= 4 is 125 Å². The Hall–Kier alpha value is -7.61. The largest absolute Gasteiger partial charge is 0.494 e. The summed E-state index contributed by atoms with van der Waals surface area (Å²) in [5.41, 5.74) is 5.67. The zero-order valence-electron chi connectivity index (χ0n) is 43.0. The van der Waals surface area contributed by atoms with Crippen LogP contribution >= 0.6 is 11.6 Å². The van der Waals surface area contributed by atoms with Crippen LogP contribution in [0.1, 0.15) is 27.7 Å². The van der Waals surface area contributed by atoms with E-state index in [1.807, 2.05) is 0 Å². The number of rotatable bonds is 5. The summed E-state index contributed by atoms with van der Waals surface area (Å²) in [6.45, 7) is 8.51. The first-order valence-corrected chi connectivity index (χ1v) is 30.9. The molecule has 3 aliphatic rings. The van der Waals surface area contributed by atoms with Gasteiger partial charge in [0.1, 0.15) is 0 Å². The van der Waals surface area contributed by atoms with Gasteiger partial charge in [-0.3, -0.25) is 0 Å². The molecule has 15 rings (SSSR count). The molecule has 364 valence electrons. The van der Waals surface area contributed by atoms with Crippen LogP contribution in [0.2, 0.25) is 5.02 Å². The van der Waals surface area contributed by atoms with Crippen LogP contribution in [0, 0.1) is 0 Å².